The van der Waals surface area contributed by atoms with Gasteiger partial charge >= 0.3 is 0 Å². The van der Waals surface area contributed by atoms with Crippen molar-refractivity contribution in [1.82, 2.24) is 20.0 Å². The van der Waals surface area contributed by atoms with Gasteiger partial charge in [-0.15, -0.1) is 0 Å². The second-order valence-electron chi connectivity index (χ2n) is 19.3. The Hall–Kier alpha value is -6.91. The number of amides is 4. The molecule has 0 saturated heterocycles. The van der Waals surface area contributed by atoms with Crippen LogP contribution < -0.4 is 16.8 Å². The Balaban J connectivity index is 0.000000255. The number of aryl methyl sites for hydroxylation is 5. The van der Waals surface area contributed by atoms with Crippen LogP contribution >= 0.6 is 11.6 Å². The van der Waals surface area contributed by atoms with Crippen molar-refractivity contribution in [1.29, 1.82) is 0 Å². The molecule has 0 fully saturated rings. The molecule has 6 N–H and O–H groups in total. The Kier molecular flexibility index (Phi) is 26.2. The molecule has 1 aliphatic heterocycles. The number of nitrogens with one attached hydrogen (secondary N) is 1. The van der Waals surface area contributed by atoms with E-state index in [2.05, 4.69) is 43.4 Å². The van der Waals surface area contributed by atoms with Crippen LogP contribution in [0.3, 0.4) is 0 Å². The third kappa shape index (κ3) is 20.5. The highest BCUT2D eigenvalue weighted by molar-refractivity contribution is 6.31. The van der Waals surface area contributed by atoms with Crippen LogP contribution in [0.15, 0.2) is 127 Å². The number of hydrogen-bond donors (Lipinski definition) is 4. The maximum atomic E-state index is 13.5. The second-order valence-corrected chi connectivity index (χ2v) is 19.7. The molecule has 1 heterocycles. The number of halogens is 5. The molecule has 0 aromatic heterocycles. The Morgan fingerprint density at radius 2 is 1.23 bits per heavy atom. The van der Waals surface area contributed by atoms with E-state index < -0.39 is 35.4 Å². The molecule has 78 heavy (non-hydrogen) atoms. The predicted molar refractivity (Wildman–Crippen MR) is 302 cm³/mol. The number of nitrogens with zero attached hydrogens (tertiary/aromatic N) is 3. The van der Waals surface area contributed by atoms with Gasteiger partial charge in [-0.3, -0.25) is 19.2 Å². The Bertz CT molecular complexity index is 2770. The molecule has 7 rings (SSSR count). The van der Waals surface area contributed by atoms with Crippen LogP contribution in [0.25, 0.3) is 0 Å². The first-order valence-corrected chi connectivity index (χ1v) is 26.7. The maximum absolute atomic E-state index is 13.5. The van der Waals surface area contributed by atoms with Crippen LogP contribution in [0.2, 0.25) is 5.02 Å². The van der Waals surface area contributed by atoms with Crippen molar-refractivity contribution in [2.24, 2.45) is 11.5 Å². The number of fused-ring (bicyclic) bond motifs is 1. The van der Waals surface area contributed by atoms with E-state index in [1.54, 1.807) is 52.8 Å². The standard InChI is InChI=1S/C24H32ClN3O2.C24H31N3O3.2C7H6F2/c1-4-18-7-6-8-19(13-18)16-28(12-11-17(3)26)23(29)15-27-24(30)21-9-10-22(25)20(5-2)14-21;1-3-17-8-7-9-18(12-17)14-26(16-20(28)13-25)24(30)22(4-2)27-15-19-10-5-6-11-21(19)23(27)29;2*1-5-2-6(8)4-7(9)3-5/h6-10,13-14,17H,4-5,11-12,15-16,26H2,1-3H3,(H,27,30);5-12,20,22,28H,3-4,13-16,25H2,1-2H3;2*2-4H,1H3/t17-;20-,22?;;/m00../s1. The van der Waals surface area contributed by atoms with Gasteiger partial charge in [-0.2, -0.15) is 0 Å². The number of hydrogen-bond acceptors (Lipinski definition) is 7. The summed E-state index contributed by atoms with van der Waals surface area (Å²) in [7, 11) is 0. The lowest BCUT2D eigenvalue weighted by Crippen LogP contribution is -2.50. The Morgan fingerprint density at radius 1 is 0.705 bits per heavy atom. The molecule has 11 nitrogen and oxygen atoms in total. The van der Waals surface area contributed by atoms with Crippen molar-refractivity contribution in [3.8, 4) is 0 Å². The van der Waals surface area contributed by atoms with E-state index in [1.165, 1.54) is 35.4 Å². The summed E-state index contributed by atoms with van der Waals surface area (Å²) in [5, 5.41) is 13.6. The van der Waals surface area contributed by atoms with E-state index >= 15 is 0 Å². The number of carbonyl (C=O) groups excluding carboxylic acids is 4. The number of aliphatic hydroxyl groups excluding tert-OH is 1. The minimum absolute atomic E-state index is 0.00148. The zero-order valence-electron chi connectivity index (χ0n) is 45.8. The van der Waals surface area contributed by atoms with Gasteiger partial charge in [0.1, 0.15) is 29.3 Å². The highest BCUT2D eigenvalue weighted by Crippen LogP contribution is 2.27. The maximum Gasteiger partial charge on any atom is 0.255 e. The first kappa shape index (κ1) is 63.6. The molecule has 0 saturated carbocycles. The normalized spacial score (nSPS) is 12.6. The van der Waals surface area contributed by atoms with Gasteiger partial charge in [0.15, 0.2) is 0 Å². The van der Waals surface area contributed by atoms with E-state index in [4.69, 9.17) is 23.1 Å². The third-order valence-corrected chi connectivity index (χ3v) is 13.1. The van der Waals surface area contributed by atoms with Crippen molar-refractivity contribution in [2.45, 2.75) is 118 Å². The molecule has 1 aliphatic rings. The summed E-state index contributed by atoms with van der Waals surface area (Å²) in [6.07, 6.45) is 2.98. The molecule has 0 bridgehead atoms. The van der Waals surface area contributed by atoms with E-state index in [-0.39, 0.29) is 49.3 Å². The first-order chi connectivity index (χ1) is 37.2. The number of benzene rings is 6. The largest absolute Gasteiger partial charge is 0.390 e. The second kappa shape index (κ2) is 32.1. The highest BCUT2D eigenvalue weighted by atomic mass is 35.5. The lowest BCUT2D eigenvalue weighted by molar-refractivity contribution is -0.138. The summed E-state index contributed by atoms with van der Waals surface area (Å²) < 4.78 is 48.8. The SMILES string of the molecule is CCc1cccc(CN(CC[C@H](C)N)C(=O)CNC(=O)c2ccc(Cl)c(CC)c2)c1.CCc1cccc(CN(C[C@@H](O)CN)C(=O)C(CC)N2Cc3ccccc3C2=O)c1.Cc1cc(F)cc(F)c1.Cc1cc(F)cc(F)c1. The number of carbonyl (C=O) groups is 4. The lowest BCUT2D eigenvalue weighted by atomic mass is 10.1. The molecule has 0 spiro atoms. The molecule has 6 aromatic rings. The Morgan fingerprint density at radius 3 is 1.71 bits per heavy atom. The zero-order valence-corrected chi connectivity index (χ0v) is 46.6. The van der Waals surface area contributed by atoms with Gasteiger partial charge in [-0.1, -0.05) is 106 Å². The monoisotopic (exact) mass is 1090 g/mol. The van der Waals surface area contributed by atoms with E-state index in [0.717, 1.165) is 53.6 Å². The van der Waals surface area contributed by atoms with Crippen molar-refractivity contribution >= 4 is 35.2 Å². The van der Waals surface area contributed by atoms with E-state index in [9.17, 15) is 41.8 Å². The van der Waals surface area contributed by atoms with Crippen LogP contribution in [0, 0.1) is 37.1 Å². The van der Waals surface area contributed by atoms with Crippen LogP contribution in [0.5, 0.6) is 0 Å². The van der Waals surface area contributed by atoms with Crippen LogP contribution in [-0.4, -0.2) is 87.8 Å². The summed E-state index contributed by atoms with van der Waals surface area (Å²) in [6.45, 7) is 15.3. The average Bonchev–Trinajstić information content (AvgIpc) is 3.75. The number of aliphatic hydroxyl groups is 1. The minimum atomic E-state index is -0.813. The van der Waals surface area contributed by atoms with Gasteiger partial charge in [0.2, 0.25) is 11.8 Å². The smallest absolute Gasteiger partial charge is 0.255 e. The molecule has 0 radical (unpaired) electrons. The van der Waals surface area contributed by atoms with Crippen molar-refractivity contribution < 1.29 is 41.8 Å². The first-order valence-electron chi connectivity index (χ1n) is 26.3. The molecule has 16 heteroatoms. The number of rotatable bonds is 19. The molecule has 3 atom stereocenters. The molecule has 1 unspecified atom stereocenters. The zero-order chi connectivity index (χ0) is 57.5. The van der Waals surface area contributed by atoms with Crippen molar-refractivity contribution in [3.05, 3.63) is 211 Å². The van der Waals surface area contributed by atoms with Gasteiger partial charge in [-0.25, -0.2) is 17.6 Å². The molecular weight excluding hydrogens is 1020 g/mol. The van der Waals surface area contributed by atoms with Gasteiger partial charge in [0.05, 0.1) is 12.6 Å². The van der Waals surface area contributed by atoms with Crippen LogP contribution in [0.1, 0.15) is 113 Å². The fraction of sp³-hybridized carbons (Fsp3) is 0.355. The predicted octanol–water partition coefficient (Wildman–Crippen LogP) is 10.8. The van der Waals surface area contributed by atoms with Gasteiger partial charge < -0.3 is 36.6 Å². The van der Waals surface area contributed by atoms with Crippen LogP contribution in [-0.2, 0) is 48.5 Å². The summed E-state index contributed by atoms with van der Waals surface area (Å²) in [4.78, 5) is 56.9. The molecule has 0 aliphatic carbocycles. The molecule has 4 amide bonds. The van der Waals surface area contributed by atoms with Gasteiger partial charge in [-0.05, 0) is 146 Å². The van der Waals surface area contributed by atoms with E-state index in [1.807, 2.05) is 63.2 Å². The third-order valence-electron chi connectivity index (χ3n) is 12.8. The average molecular weight is 1100 g/mol. The quantitative estimate of drug-likeness (QED) is 0.0587. The summed E-state index contributed by atoms with van der Waals surface area (Å²) in [6, 6.07) is 35.2. The van der Waals surface area contributed by atoms with Gasteiger partial charge in [0.25, 0.3) is 11.8 Å². The fourth-order valence-corrected chi connectivity index (χ4v) is 8.81. The molecular formula is C62H75ClF4N6O5. The molecule has 418 valence electrons. The molecule has 6 aromatic carbocycles. The van der Waals surface area contributed by atoms with Crippen molar-refractivity contribution in [3.63, 3.8) is 0 Å². The Labute approximate surface area is 462 Å². The minimum Gasteiger partial charge on any atom is -0.390 e. The fourth-order valence-electron chi connectivity index (χ4n) is 8.56. The highest BCUT2D eigenvalue weighted by Gasteiger charge is 2.37. The summed E-state index contributed by atoms with van der Waals surface area (Å²) >= 11 is 6.13. The topological polar surface area (TPSA) is 162 Å². The van der Waals surface area contributed by atoms with E-state index in [0.29, 0.717) is 66.3 Å². The summed E-state index contributed by atoms with van der Waals surface area (Å²) in [5.74, 6) is -2.77. The van der Waals surface area contributed by atoms with Crippen molar-refractivity contribution in [2.75, 3.05) is 26.2 Å². The number of nitrogens with two attached hydrogens (primary N) is 2. The van der Waals surface area contributed by atoms with Gasteiger partial charge in [0, 0.05) is 73.6 Å². The van der Waals surface area contributed by atoms with Crippen LogP contribution in [0.4, 0.5) is 17.6 Å². The summed E-state index contributed by atoms with van der Waals surface area (Å²) in [5.41, 5.74) is 20.2. The lowest BCUT2D eigenvalue weighted by Gasteiger charge is -2.33.